The van der Waals surface area contributed by atoms with Crippen LogP contribution in [0, 0.1) is 0 Å². The molecular weight excluding hydrogens is 895 g/mol. The third-order valence-electron chi connectivity index (χ3n) is 7.53. The zero-order valence-corrected chi connectivity index (χ0v) is 33.4. The average Bonchev–Trinajstić information content (AvgIpc) is 3.95. The van der Waals surface area contributed by atoms with Crippen molar-refractivity contribution in [2.45, 2.75) is 37.5 Å². The molecule has 2 heterocycles. The molecular formula is C30H35Br2IN4O8S2. The first-order valence-electron chi connectivity index (χ1n) is 14.3. The summed E-state index contributed by atoms with van der Waals surface area (Å²) < 4.78 is 62.8. The van der Waals surface area contributed by atoms with Crippen LogP contribution in [0.1, 0.15) is 69.8 Å². The highest BCUT2D eigenvalue weighted by Crippen LogP contribution is 2.47. The molecule has 12 nitrogen and oxygen atoms in total. The van der Waals surface area contributed by atoms with Crippen molar-refractivity contribution in [3.05, 3.63) is 55.9 Å². The fourth-order valence-electron chi connectivity index (χ4n) is 4.94. The molecule has 3 N–H and O–H groups in total. The Morgan fingerprint density at radius 1 is 0.787 bits per heavy atom. The Labute approximate surface area is 304 Å². The molecule has 6 rings (SSSR count). The summed E-state index contributed by atoms with van der Waals surface area (Å²) in [5.41, 5.74) is 2.94. The van der Waals surface area contributed by atoms with E-state index >= 15 is 0 Å². The Hall–Kier alpha value is -2.35. The lowest BCUT2D eigenvalue weighted by Crippen LogP contribution is -2.25. The first-order valence-corrected chi connectivity index (χ1v) is 21.8. The number of nitrogens with zero attached hydrogens (tertiary/aromatic N) is 1. The standard InChI is InChI=1S/C15H17BrN2O4S.C14H15BrN2O4S.CH3I/c1-17-15(19)13-9-6-10(16)11(18(2)23(3,20)21)7-12(9)22-14(13)8-4-5-8;1-16-14(18)12-8-5-9(15)10(17-22(2,19)20)6-11(8)21-13(12)7-3-4-7;1-2/h6-8H,4-5H2,1-3H3,(H,17,19);5-7,17H,3-4H2,1-2H3,(H,16,18);1H3. The van der Waals surface area contributed by atoms with Crippen LogP contribution in [0.15, 0.2) is 42.0 Å². The summed E-state index contributed by atoms with van der Waals surface area (Å²) in [7, 11) is -2.15. The molecule has 2 aromatic heterocycles. The molecule has 0 saturated heterocycles. The average molecular weight is 930 g/mol. The van der Waals surface area contributed by atoms with E-state index in [4.69, 9.17) is 8.83 Å². The summed E-state index contributed by atoms with van der Waals surface area (Å²) in [5, 5.41) is 6.63. The van der Waals surface area contributed by atoms with Crippen molar-refractivity contribution in [2.24, 2.45) is 0 Å². The minimum absolute atomic E-state index is 0.193. The largest absolute Gasteiger partial charge is 0.460 e. The summed E-state index contributed by atoms with van der Waals surface area (Å²) in [6.45, 7) is 0. The third kappa shape index (κ3) is 8.45. The van der Waals surface area contributed by atoms with Crippen LogP contribution in [0.3, 0.4) is 0 Å². The van der Waals surface area contributed by atoms with E-state index in [0.29, 0.717) is 64.9 Å². The van der Waals surface area contributed by atoms with E-state index in [1.54, 1.807) is 38.4 Å². The normalized spacial score (nSPS) is 14.5. The number of nitrogens with one attached hydrogen (secondary N) is 3. The summed E-state index contributed by atoms with van der Waals surface area (Å²) in [4.78, 5) is 26.4. The predicted octanol–water partition coefficient (Wildman–Crippen LogP) is 6.68. The van der Waals surface area contributed by atoms with E-state index in [0.717, 1.165) is 38.2 Å². The fourth-order valence-corrected chi connectivity index (χ4v) is 7.32. The van der Waals surface area contributed by atoms with Crippen LogP contribution in [-0.4, -0.2) is 67.2 Å². The topological polar surface area (TPSA) is 168 Å². The number of carbonyl (C=O) groups is 2. The van der Waals surface area contributed by atoms with E-state index in [2.05, 4.69) is 69.8 Å². The molecule has 256 valence electrons. The van der Waals surface area contributed by atoms with Gasteiger partial charge < -0.3 is 19.5 Å². The summed E-state index contributed by atoms with van der Waals surface area (Å²) in [6.07, 6.45) is 6.22. The number of carbonyl (C=O) groups excluding carboxylic acids is 2. The Balaban J connectivity index is 0.000000202. The number of fused-ring (bicyclic) bond motifs is 2. The molecule has 2 aliphatic rings. The van der Waals surface area contributed by atoms with E-state index in [-0.39, 0.29) is 23.7 Å². The maximum absolute atomic E-state index is 12.2. The number of amides is 2. The molecule has 2 amide bonds. The van der Waals surface area contributed by atoms with Gasteiger partial charge in [0.1, 0.15) is 22.7 Å². The molecule has 17 heteroatoms. The van der Waals surface area contributed by atoms with E-state index in [9.17, 15) is 26.4 Å². The van der Waals surface area contributed by atoms with Crippen molar-refractivity contribution in [1.82, 2.24) is 10.6 Å². The van der Waals surface area contributed by atoms with E-state index in [1.165, 1.54) is 11.4 Å². The SMILES string of the molecule is CI.CNC(=O)c1c(C2CC2)oc2cc(N(C)S(C)(=O)=O)c(Br)cc12.CNC(=O)c1c(C2CC2)oc2cc(NS(C)(=O)=O)c(Br)cc12. The number of alkyl halides is 1. The predicted molar refractivity (Wildman–Crippen MR) is 200 cm³/mol. The second-order valence-corrected chi connectivity index (χ2v) is 16.6. The minimum atomic E-state index is -3.40. The van der Waals surface area contributed by atoms with Gasteiger partial charge in [0.05, 0.1) is 35.0 Å². The monoisotopic (exact) mass is 928 g/mol. The molecule has 0 aliphatic heterocycles. The smallest absolute Gasteiger partial charge is 0.255 e. The van der Waals surface area contributed by atoms with Crippen molar-refractivity contribution >= 4 is 120 Å². The van der Waals surface area contributed by atoms with Gasteiger partial charge in [0.2, 0.25) is 20.0 Å². The number of hydrogen-bond acceptors (Lipinski definition) is 8. The van der Waals surface area contributed by atoms with E-state index < -0.39 is 20.0 Å². The van der Waals surface area contributed by atoms with Gasteiger partial charge in [-0.25, -0.2) is 16.8 Å². The van der Waals surface area contributed by atoms with Crippen molar-refractivity contribution in [2.75, 3.05) is 47.6 Å². The molecule has 0 unspecified atom stereocenters. The van der Waals surface area contributed by atoms with Crippen molar-refractivity contribution in [3.8, 4) is 0 Å². The molecule has 2 saturated carbocycles. The first-order chi connectivity index (χ1) is 22.0. The lowest BCUT2D eigenvalue weighted by Gasteiger charge is -2.18. The number of furan rings is 2. The van der Waals surface area contributed by atoms with Gasteiger partial charge in [0.15, 0.2) is 0 Å². The quantitative estimate of drug-likeness (QED) is 0.130. The highest BCUT2D eigenvalue weighted by Gasteiger charge is 2.35. The van der Waals surface area contributed by atoms with Crippen LogP contribution in [0.2, 0.25) is 0 Å². The van der Waals surface area contributed by atoms with Gasteiger partial charge in [0, 0.05) is 64.8 Å². The van der Waals surface area contributed by atoms with Gasteiger partial charge in [-0.3, -0.25) is 18.6 Å². The zero-order valence-electron chi connectivity index (χ0n) is 26.5. The highest BCUT2D eigenvalue weighted by atomic mass is 127. The van der Waals surface area contributed by atoms with Gasteiger partial charge in [-0.1, -0.05) is 22.6 Å². The number of hydrogen-bond donors (Lipinski definition) is 3. The van der Waals surface area contributed by atoms with Gasteiger partial charge in [-0.2, -0.15) is 0 Å². The minimum Gasteiger partial charge on any atom is -0.460 e. The molecule has 2 fully saturated rings. The number of rotatable bonds is 8. The number of anilines is 2. The van der Waals surface area contributed by atoms with Crippen molar-refractivity contribution in [3.63, 3.8) is 0 Å². The summed E-state index contributed by atoms with van der Waals surface area (Å²) in [6, 6.07) is 6.70. The number of sulfonamides is 2. The maximum atomic E-state index is 12.2. The lowest BCUT2D eigenvalue weighted by molar-refractivity contribution is 0.0954. The van der Waals surface area contributed by atoms with Gasteiger partial charge in [-0.15, -0.1) is 0 Å². The number of halogens is 3. The highest BCUT2D eigenvalue weighted by molar-refractivity contribution is 14.1. The van der Waals surface area contributed by atoms with E-state index in [1.807, 2.05) is 4.93 Å². The van der Waals surface area contributed by atoms with Crippen molar-refractivity contribution in [1.29, 1.82) is 0 Å². The van der Waals surface area contributed by atoms with Crippen LogP contribution in [-0.2, 0) is 20.0 Å². The molecule has 0 atom stereocenters. The Bertz CT molecular complexity index is 2070. The summed E-state index contributed by atoms with van der Waals surface area (Å²) in [5.74, 6) is 1.51. The Kier molecular flexibility index (Phi) is 11.7. The summed E-state index contributed by atoms with van der Waals surface area (Å²) >= 11 is 8.89. The van der Waals surface area contributed by atoms with Gasteiger partial charge in [0.25, 0.3) is 11.8 Å². The van der Waals surface area contributed by atoms with Crippen LogP contribution in [0.5, 0.6) is 0 Å². The molecule has 4 aromatic rings. The molecule has 0 radical (unpaired) electrons. The first kappa shape index (κ1) is 37.5. The second-order valence-electron chi connectivity index (χ2n) is 11.1. The lowest BCUT2D eigenvalue weighted by atomic mass is 10.1. The van der Waals surface area contributed by atoms with Gasteiger partial charge >= 0.3 is 0 Å². The third-order valence-corrected chi connectivity index (χ3v) is 10.6. The molecule has 0 bridgehead atoms. The molecule has 2 aliphatic carbocycles. The van der Waals surface area contributed by atoms with Crippen LogP contribution < -0.4 is 19.7 Å². The maximum Gasteiger partial charge on any atom is 0.255 e. The second kappa shape index (κ2) is 14.6. The fraction of sp³-hybridized carbons (Fsp3) is 0.400. The zero-order chi connectivity index (χ0) is 35.0. The Morgan fingerprint density at radius 3 is 1.60 bits per heavy atom. The molecule has 2 aromatic carbocycles. The van der Waals surface area contributed by atoms with Crippen LogP contribution >= 0.6 is 54.5 Å². The molecule has 0 spiro atoms. The molecule has 47 heavy (non-hydrogen) atoms. The van der Waals surface area contributed by atoms with Gasteiger partial charge in [-0.05, 0) is 74.6 Å². The van der Waals surface area contributed by atoms with Crippen LogP contribution in [0.4, 0.5) is 11.4 Å². The van der Waals surface area contributed by atoms with Crippen LogP contribution in [0.25, 0.3) is 21.9 Å². The number of benzene rings is 2. The Morgan fingerprint density at radius 2 is 1.21 bits per heavy atom. The van der Waals surface area contributed by atoms with Crippen molar-refractivity contribution < 1.29 is 35.3 Å².